The highest BCUT2D eigenvalue weighted by Gasteiger charge is 2.32. The molecule has 2 fully saturated rings. The lowest BCUT2D eigenvalue weighted by atomic mass is 9.99. The van der Waals surface area contributed by atoms with E-state index in [2.05, 4.69) is 20.6 Å². The van der Waals surface area contributed by atoms with E-state index in [0.717, 1.165) is 45.5 Å². The average molecular weight is 1430 g/mol. The number of aryl methyl sites for hydroxylation is 2. The van der Waals surface area contributed by atoms with E-state index >= 15 is 0 Å². The number of aldehydes is 2. The van der Waals surface area contributed by atoms with Crippen LogP contribution < -0.4 is 20.1 Å². The molecule has 2 N–H and O–H groups in total. The Hall–Kier alpha value is -9.86. The SMILES string of the molecule is COc1nc(-c2cccc(-c3ccnc(-c4ccc5c(C=O)cn(C)c5c4)c3Cl)c2Cl)ccc1CN(C[C@@H]1CCC(=O)N1)C(=O)OC(C)(C)C.COc1nc(-c2cccc(-c3ccnc(-c4ccc5c(C=O)cn(C)c5c4)c3Cl)c2Cl)ccc1CN(C[C@@H]1CCC(=O)N1)C(=O)OC(C)(C)C. The number of carbonyl (C=O) groups is 6. The summed E-state index contributed by atoms with van der Waals surface area (Å²) in [7, 11) is 6.82. The molecule has 2 saturated heterocycles. The van der Waals surface area contributed by atoms with Crippen molar-refractivity contribution in [2.24, 2.45) is 14.1 Å². The number of hydrogen-bond donors (Lipinski definition) is 2. The van der Waals surface area contributed by atoms with Crippen molar-refractivity contribution in [3.05, 3.63) is 176 Å². The van der Waals surface area contributed by atoms with E-state index in [1.807, 2.05) is 174 Å². The molecule has 6 aromatic heterocycles. The quantitative estimate of drug-likeness (QED) is 0.0761. The molecule has 516 valence electrons. The molecule has 12 rings (SSSR count). The van der Waals surface area contributed by atoms with E-state index in [0.29, 0.717) is 136 Å². The molecule has 8 heterocycles. The normalized spacial score (nSPS) is 14.5. The molecular weight excluding hydrogens is 1350 g/mol. The van der Waals surface area contributed by atoms with Crippen LogP contribution in [0.4, 0.5) is 9.59 Å². The lowest BCUT2D eigenvalue weighted by Gasteiger charge is -2.29. The van der Waals surface area contributed by atoms with Crippen molar-refractivity contribution in [1.82, 2.24) is 49.5 Å². The minimum absolute atomic E-state index is 0.0334. The van der Waals surface area contributed by atoms with Crippen LogP contribution in [0.3, 0.4) is 0 Å². The molecule has 4 aromatic carbocycles. The molecule has 0 bridgehead atoms. The predicted octanol–water partition coefficient (Wildman–Crippen LogP) is 16.2. The molecule has 0 aliphatic carbocycles. The maximum Gasteiger partial charge on any atom is 0.410 e. The number of benzene rings is 4. The van der Waals surface area contributed by atoms with Crippen LogP contribution in [0, 0.1) is 0 Å². The highest BCUT2D eigenvalue weighted by Crippen LogP contribution is 2.45. The number of amides is 4. The van der Waals surface area contributed by atoms with Crippen LogP contribution in [0.1, 0.15) is 99.1 Å². The van der Waals surface area contributed by atoms with Crippen LogP contribution in [-0.4, -0.2) is 126 Å². The van der Waals surface area contributed by atoms with E-state index < -0.39 is 23.4 Å². The zero-order valence-electron chi connectivity index (χ0n) is 56.8. The lowest BCUT2D eigenvalue weighted by molar-refractivity contribution is -0.120. The zero-order chi connectivity index (χ0) is 71.5. The number of methoxy groups -OCH3 is 2. The summed E-state index contributed by atoms with van der Waals surface area (Å²) in [4.78, 5) is 95.2. The van der Waals surface area contributed by atoms with Gasteiger partial charge in [0.25, 0.3) is 0 Å². The molecule has 2 atom stereocenters. The van der Waals surface area contributed by atoms with Crippen molar-refractivity contribution in [2.45, 2.75) is 104 Å². The molecule has 2 aliphatic heterocycles. The van der Waals surface area contributed by atoms with Crippen LogP contribution in [0.25, 0.3) is 89.1 Å². The van der Waals surface area contributed by atoms with Gasteiger partial charge in [0.15, 0.2) is 12.6 Å². The second kappa shape index (κ2) is 29.9. The molecule has 0 saturated carbocycles. The summed E-state index contributed by atoms with van der Waals surface area (Å²) >= 11 is 28.3. The minimum atomic E-state index is -0.697. The van der Waals surface area contributed by atoms with Crippen LogP contribution in [0.15, 0.2) is 134 Å². The number of aromatic nitrogens is 6. The summed E-state index contributed by atoms with van der Waals surface area (Å²) in [6.45, 7) is 11.7. The molecule has 0 spiro atoms. The number of hydrogen-bond acceptors (Lipinski definition) is 14. The third kappa shape index (κ3) is 15.8. The Morgan fingerprint density at radius 2 is 0.920 bits per heavy atom. The summed E-state index contributed by atoms with van der Waals surface area (Å²) in [5.41, 5.74) is 10.9. The van der Waals surface area contributed by atoms with E-state index in [1.165, 1.54) is 14.2 Å². The third-order valence-corrected chi connectivity index (χ3v) is 18.7. The van der Waals surface area contributed by atoms with E-state index in [-0.39, 0.29) is 50.1 Å². The maximum absolute atomic E-state index is 13.2. The lowest BCUT2D eigenvalue weighted by Crippen LogP contribution is -2.43. The number of nitrogens with one attached hydrogen (secondary N) is 2. The van der Waals surface area contributed by atoms with E-state index in [9.17, 15) is 28.8 Å². The maximum atomic E-state index is 13.2. The first kappa shape index (κ1) is 71.4. The predicted molar refractivity (Wildman–Crippen MR) is 389 cm³/mol. The largest absolute Gasteiger partial charge is 0.481 e. The van der Waals surface area contributed by atoms with Crippen molar-refractivity contribution >= 4 is 105 Å². The van der Waals surface area contributed by atoms with Crippen molar-refractivity contribution in [1.29, 1.82) is 0 Å². The summed E-state index contributed by atoms with van der Waals surface area (Å²) < 4.78 is 26.6. The molecule has 10 aromatic rings. The van der Waals surface area contributed by atoms with Gasteiger partial charge in [-0.3, -0.25) is 29.1 Å². The standard InChI is InChI=1S/2C38H37Cl2N5O5/c2*1-38(2,3)50-37(48)45(20-25-11-14-32(47)42-25)19-23-10-13-30(43-36(23)49-5)29-8-6-7-27(33(29)39)28-15-16-41-35(34(28)40)22-9-12-26-24(21-46)18-44(4)31(26)17-22/h2*6-10,12-13,15-18,21,25H,11,14,19-20H2,1-5H3,(H,42,47)/t2*25-/m00/s1. The summed E-state index contributed by atoms with van der Waals surface area (Å²) in [6, 6.07) is 33.4. The molecule has 0 radical (unpaired) electrons. The van der Waals surface area contributed by atoms with Crippen LogP contribution in [0.5, 0.6) is 11.8 Å². The molecule has 2 aliphatic rings. The van der Waals surface area contributed by atoms with Gasteiger partial charge in [-0.2, -0.15) is 0 Å². The number of ether oxygens (including phenoxy) is 4. The Bertz CT molecular complexity index is 4550. The average Bonchev–Trinajstić information content (AvgIpc) is 1.37. The topological polar surface area (TPSA) is 231 Å². The van der Waals surface area contributed by atoms with Gasteiger partial charge in [-0.1, -0.05) is 107 Å². The Morgan fingerprint density at radius 1 is 0.540 bits per heavy atom. The Morgan fingerprint density at radius 3 is 1.27 bits per heavy atom. The van der Waals surface area contributed by atoms with Crippen molar-refractivity contribution in [2.75, 3.05) is 27.3 Å². The van der Waals surface area contributed by atoms with Gasteiger partial charge < -0.3 is 48.5 Å². The molecule has 20 nitrogen and oxygen atoms in total. The van der Waals surface area contributed by atoms with Crippen molar-refractivity contribution < 1.29 is 47.7 Å². The summed E-state index contributed by atoms with van der Waals surface area (Å²) in [5, 5.41) is 9.29. The van der Waals surface area contributed by atoms with Gasteiger partial charge in [0.05, 0.1) is 70.2 Å². The van der Waals surface area contributed by atoms with Crippen molar-refractivity contribution in [3.8, 4) is 79.0 Å². The van der Waals surface area contributed by atoms with Gasteiger partial charge in [-0.25, -0.2) is 19.6 Å². The molecule has 100 heavy (non-hydrogen) atoms. The van der Waals surface area contributed by atoms with Gasteiger partial charge in [0, 0.05) is 165 Å². The highest BCUT2D eigenvalue weighted by molar-refractivity contribution is 6.40. The highest BCUT2D eigenvalue weighted by atomic mass is 35.5. The monoisotopic (exact) mass is 1430 g/mol. The number of nitrogens with zero attached hydrogens (tertiary/aromatic N) is 8. The molecular formula is C76H74Cl4N10O10. The Labute approximate surface area is 598 Å². The Balaban J connectivity index is 0.000000202. The number of halogens is 4. The first-order valence-corrected chi connectivity index (χ1v) is 33.8. The Kier molecular flexibility index (Phi) is 21.4. The first-order valence-electron chi connectivity index (χ1n) is 32.3. The van der Waals surface area contributed by atoms with Gasteiger partial charge in [-0.05, 0) is 103 Å². The molecule has 24 heteroatoms. The van der Waals surface area contributed by atoms with Gasteiger partial charge in [0.2, 0.25) is 23.6 Å². The second-order valence-electron chi connectivity index (χ2n) is 26.5. The van der Waals surface area contributed by atoms with Gasteiger partial charge in [0.1, 0.15) is 11.2 Å². The minimum Gasteiger partial charge on any atom is -0.481 e. The van der Waals surface area contributed by atoms with E-state index in [1.54, 1.807) is 34.6 Å². The van der Waals surface area contributed by atoms with Gasteiger partial charge in [-0.15, -0.1) is 0 Å². The van der Waals surface area contributed by atoms with Crippen LogP contribution >= 0.6 is 46.4 Å². The third-order valence-electron chi connectivity index (χ3n) is 17.1. The fraction of sp³-hybridized carbons (Fsp3) is 0.289. The summed E-state index contributed by atoms with van der Waals surface area (Å²) in [6.07, 6.45) is 9.77. The molecule has 0 unspecified atom stereocenters. The fourth-order valence-electron chi connectivity index (χ4n) is 12.4. The van der Waals surface area contributed by atoms with Crippen LogP contribution in [-0.2, 0) is 46.2 Å². The smallest absolute Gasteiger partial charge is 0.410 e. The fourth-order valence-corrected chi connectivity index (χ4v) is 13.7. The number of rotatable bonds is 18. The first-order chi connectivity index (χ1) is 47.7. The number of pyridine rings is 4. The van der Waals surface area contributed by atoms with Crippen molar-refractivity contribution in [3.63, 3.8) is 0 Å². The number of carbonyl (C=O) groups excluding carboxylic acids is 6. The zero-order valence-corrected chi connectivity index (χ0v) is 59.9. The van der Waals surface area contributed by atoms with E-state index in [4.69, 9.17) is 75.3 Å². The summed E-state index contributed by atoms with van der Waals surface area (Å²) in [5.74, 6) is 0.583. The number of fused-ring (bicyclic) bond motifs is 2. The van der Waals surface area contributed by atoms with Gasteiger partial charge >= 0.3 is 12.2 Å². The molecule has 4 amide bonds. The second-order valence-corrected chi connectivity index (χ2v) is 28.0. The van der Waals surface area contributed by atoms with Crippen LogP contribution in [0.2, 0.25) is 20.1 Å².